The molecule has 0 fully saturated rings. The molecule has 0 spiro atoms. The second-order valence-electron chi connectivity index (χ2n) is 5.44. The normalized spacial score (nSPS) is 11.7. The van der Waals surface area contributed by atoms with E-state index in [0.29, 0.717) is 28.8 Å². The smallest absolute Gasteiger partial charge is 0.165 e. The number of hydrogen-bond donors (Lipinski definition) is 1. The lowest BCUT2D eigenvalue weighted by atomic mass is 10.2. The molecule has 1 aromatic carbocycles. The average Bonchev–Trinajstić information content (AvgIpc) is 3.07. The minimum absolute atomic E-state index is 0.0980. The van der Waals surface area contributed by atoms with Gasteiger partial charge in [0.25, 0.3) is 0 Å². The summed E-state index contributed by atoms with van der Waals surface area (Å²) in [6.45, 7) is 2.55. The number of hydrogen-bond acceptors (Lipinski definition) is 5. The van der Waals surface area contributed by atoms with Crippen molar-refractivity contribution in [3.05, 3.63) is 71.3 Å². The summed E-state index contributed by atoms with van der Waals surface area (Å²) in [7, 11) is 0. The highest BCUT2D eigenvalue weighted by Crippen LogP contribution is 2.25. The van der Waals surface area contributed by atoms with E-state index in [1.165, 1.54) is 0 Å². The van der Waals surface area contributed by atoms with E-state index in [2.05, 4.69) is 15.4 Å². The van der Waals surface area contributed by atoms with Crippen molar-refractivity contribution in [2.45, 2.75) is 19.6 Å². The molecule has 1 atom stereocenters. The second kappa shape index (κ2) is 7.79. The number of ether oxygens (including phenoxy) is 1. The Morgan fingerprint density at radius 3 is 2.96 bits per heavy atom. The van der Waals surface area contributed by atoms with Crippen molar-refractivity contribution in [3.63, 3.8) is 0 Å². The molecule has 0 saturated heterocycles. The Balaban J connectivity index is 1.61. The Morgan fingerprint density at radius 1 is 1.32 bits per heavy atom. The first-order valence-electron chi connectivity index (χ1n) is 7.69. The van der Waals surface area contributed by atoms with E-state index in [9.17, 15) is 0 Å². The van der Waals surface area contributed by atoms with Gasteiger partial charge in [-0.05, 0) is 37.3 Å². The SMILES string of the molecule is CC(NCn1cc(Oc2cc(Cl)cc(C#N)c2)cn1)c1ccccn1. The number of halogens is 1. The van der Waals surface area contributed by atoms with Crippen LogP contribution in [0.2, 0.25) is 5.02 Å². The van der Waals surface area contributed by atoms with E-state index in [1.54, 1.807) is 41.5 Å². The van der Waals surface area contributed by atoms with Gasteiger partial charge in [0, 0.05) is 17.3 Å². The maximum absolute atomic E-state index is 8.98. The summed E-state index contributed by atoms with van der Waals surface area (Å²) < 4.78 is 7.44. The summed E-state index contributed by atoms with van der Waals surface area (Å²) in [6, 6.07) is 12.8. The lowest BCUT2D eigenvalue weighted by molar-refractivity contribution is 0.447. The highest BCUT2D eigenvalue weighted by Gasteiger charge is 2.07. The lowest BCUT2D eigenvalue weighted by Gasteiger charge is -2.12. The number of aromatic nitrogens is 3. The maximum atomic E-state index is 8.98. The van der Waals surface area contributed by atoms with Crippen LogP contribution in [0.5, 0.6) is 11.5 Å². The molecule has 6 nitrogen and oxygen atoms in total. The summed E-state index contributed by atoms with van der Waals surface area (Å²) in [5, 5.41) is 17.0. The molecule has 0 bridgehead atoms. The van der Waals surface area contributed by atoms with E-state index in [1.807, 2.05) is 31.2 Å². The predicted octanol–water partition coefficient (Wildman–Crippen LogP) is 3.90. The van der Waals surface area contributed by atoms with Gasteiger partial charge in [-0.3, -0.25) is 15.0 Å². The zero-order valence-electron chi connectivity index (χ0n) is 13.6. The monoisotopic (exact) mass is 353 g/mol. The fraction of sp³-hybridized carbons (Fsp3) is 0.167. The van der Waals surface area contributed by atoms with Gasteiger partial charge in [0.2, 0.25) is 0 Å². The first kappa shape index (κ1) is 17.0. The van der Waals surface area contributed by atoms with Crippen LogP contribution in [-0.2, 0) is 6.67 Å². The zero-order chi connectivity index (χ0) is 17.6. The van der Waals surface area contributed by atoms with Crippen molar-refractivity contribution >= 4 is 11.6 Å². The second-order valence-corrected chi connectivity index (χ2v) is 5.88. The topological polar surface area (TPSA) is 75.8 Å². The third kappa shape index (κ3) is 4.57. The van der Waals surface area contributed by atoms with Crippen LogP contribution in [0.4, 0.5) is 0 Å². The van der Waals surface area contributed by atoms with Crippen molar-refractivity contribution in [2.24, 2.45) is 0 Å². The standard InChI is InChI=1S/C18H16ClN5O/c1-13(18-4-2-3-5-21-18)22-12-24-11-17(10-23-24)25-16-7-14(9-20)6-15(19)8-16/h2-8,10-11,13,22H,12H2,1H3. The zero-order valence-corrected chi connectivity index (χ0v) is 14.3. The Hall–Kier alpha value is -2.88. The molecule has 2 aromatic heterocycles. The molecule has 25 heavy (non-hydrogen) atoms. The van der Waals surface area contributed by atoms with Crippen molar-refractivity contribution in [1.82, 2.24) is 20.1 Å². The molecule has 0 saturated carbocycles. The van der Waals surface area contributed by atoms with Gasteiger partial charge in [-0.25, -0.2) is 0 Å². The van der Waals surface area contributed by atoms with Gasteiger partial charge in [-0.15, -0.1) is 0 Å². The summed E-state index contributed by atoms with van der Waals surface area (Å²) in [5.74, 6) is 1.07. The van der Waals surface area contributed by atoms with E-state index in [4.69, 9.17) is 21.6 Å². The minimum atomic E-state index is 0.0980. The van der Waals surface area contributed by atoms with Crippen molar-refractivity contribution in [1.29, 1.82) is 5.26 Å². The molecule has 0 amide bonds. The van der Waals surface area contributed by atoms with Crippen LogP contribution in [0.1, 0.15) is 24.2 Å². The van der Waals surface area contributed by atoms with Crippen LogP contribution < -0.4 is 10.1 Å². The molecule has 7 heteroatoms. The molecule has 3 rings (SSSR count). The first-order chi connectivity index (χ1) is 12.1. The predicted molar refractivity (Wildman–Crippen MR) is 94.3 cm³/mol. The van der Waals surface area contributed by atoms with Crippen LogP contribution in [-0.4, -0.2) is 14.8 Å². The molecule has 1 N–H and O–H groups in total. The van der Waals surface area contributed by atoms with Crippen molar-refractivity contribution in [2.75, 3.05) is 0 Å². The van der Waals surface area contributed by atoms with E-state index >= 15 is 0 Å². The third-order valence-electron chi connectivity index (χ3n) is 3.54. The molecule has 0 aliphatic carbocycles. The van der Waals surface area contributed by atoms with Crippen LogP contribution in [0.3, 0.4) is 0 Å². The van der Waals surface area contributed by atoms with Gasteiger partial charge >= 0.3 is 0 Å². The van der Waals surface area contributed by atoms with Gasteiger partial charge in [0.05, 0.1) is 36.4 Å². The lowest BCUT2D eigenvalue weighted by Crippen LogP contribution is -2.23. The van der Waals surface area contributed by atoms with E-state index in [0.717, 1.165) is 5.69 Å². The van der Waals surface area contributed by atoms with E-state index < -0.39 is 0 Å². The van der Waals surface area contributed by atoms with Crippen molar-refractivity contribution in [3.8, 4) is 17.6 Å². The maximum Gasteiger partial charge on any atom is 0.165 e. The molecule has 0 aliphatic heterocycles. The number of nitrogens with zero attached hydrogens (tertiary/aromatic N) is 4. The number of nitriles is 1. The molecule has 0 aliphatic rings. The molecular formula is C18H16ClN5O. The van der Waals surface area contributed by atoms with Gasteiger partial charge in [-0.2, -0.15) is 10.4 Å². The molecule has 0 radical (unpaired) electrons. The molecule has 126 valence electrons. The van der Waals surface area contributed by atoms with Crippen LogP contribution in [0, 0.1) is 11.3 Å². The largest absolute Gasteiger partial charge is 0.454 e. The summed E-state index contributed by atoms with van der Waals surface area (Å²) in [6.07, 6.45) is 5.15. The number of nitrogens with one attached hydrogen (secondary N) is 1. The summed E-state index contributed by atoms with van der Waals surface area (Å²) in [5.41, 5.74) is 1.41. The molecule has 3 aromatic rings. The Kier molecular flexibility index (Phi) is 5.29. The molecule has 1 unspecified atom stereocenters. The highest BCUT2D eigenvalue weighted by molar-refractivity contribution is 6.30. The Bertz CT molecular complexity index is 888. The summed E-state index contributed by atoms with van der Waals surface area (Å²) >= 11 is 5.98. The number of benzene rings is 1. The number of rotatable bonds is 6. The third-order valence-corrected chi connectivity index (χ3v) is 3.75. The van der Waals surface area contributed by atoms with E-state index in [-0.39, 0.29) is 6.04 Å². The van der Waals surface area contributed by atoms with Gasteiger partial charge < -0.3 is 4.74 Å². The van der Waals surface area contributed by atoms with Gasteiger partial charge in [-0.1, -0.05) is 17.7 Å². The minimum Gasteiger partial charge on any atom is -0.454 e. The van der Waals surface area contributed by atoms with Crippen LogP contribution in [0.25, 0.3) is 0 Å². The Labute approximate surface area is 150 Å². The molecular weight excluding hydrogens is 338 g/mol. The fourth-order valence-electron chi connectivity index (χ4n) is 2.27. The highest BCUT2D eigenvalue weighted by atomic mass is 35.5. The number of pyridine rings is 1. The van der Waals surface area contributed by atoms with Gasteiger partial charge in [0.1, 0.15) is 5.75 Å². The fourth-order valence-corrected chi connectivity index (χ4v) is 2.50. The van der Waals surface area contributed by atoms with Crippen LogP contribution >= 0.6 is 11.6 Å². The average molecular weight is 354 g/mol. The molecule has 2 heterocycles. The Morgan fingerprint density at radius 2 is 2.20 bits per heavy atom. The first-order valence-corrected chi connectivity index (χ1v) is 8.07. The van der Waals surface area contributed by atoms with Crippen molar-refractivity contribution < 1.29 is 4.74 Å². The van der Waals surface area contributed by atoms with Gasteiger partial charge in [0.15, 0.2) is 5.75 Å². The summed E-state index contributed by atoms with van der Waals surface area (Å²) in [4.78, 5) is 4.32. The quantitative estimate of drug-likeness (QED) is 0.727. The van der Waals surface area contributed by atoms with Crippen LogP contribution in [0.15, 0.2) is 55.0 Å².